The van der Waals surface area contributed by atoms with E-state index in [0.717, 1.165) is 18.7 Å². The standard InChI is InChI=1S/C10H13NO/c1-2-9-10(12)7-8-5-3-4-6-11(8)9/h2,7H,3-6H2,1H3/b9-2+. The van der Waals surface area contributed by atoms with Crippen LogP contribution < -0.4 is 0 Å². The highest BCUT2D eigenvalue weighted by Crippen LogP contribution is 2.30. The van der Waals surface area contributed by atoms with Crippen LogP contribution in [0.2, 0.25) is 0 Å². The van der Waals surface area contributed by atoms with E-state index in [0.29, 0.717) is 0 Å². The second-order valence-corrected chi connectivity index (χ2v) is 3.28. The molecule has 0 unspecified atom stereocenters. The number of fused-ring (bicyclic) bond motifs is 1. The van der Waals surface area contributed by atoms with Gasteiger partial charge in [-0.05, 0) is 26.2 Å². The topological polar surface area (TPSA) is 20.3 Å². The van der Waals surface area contributed by atoms with Crippen molar-refractivity contribution >= 4 is 5.78 Å². The monoisotopic (exact) mass is 163 g/mol. The minimum absolute atomic E-state index is 0.189. The molecule has 0 N–H and O–H groups in total. The van der Waals surface area contributed by atoms with Crippen LogP contribution in [-0.4, -0.2) is 17.2 Å². The number of ketones is 1. The van der Waals surface area contributed by atoms with Gasteiger partial charge in [-0.25, -0.2) is 0 Å². The fourth-order valence-electron chi connectivity index (χ4n) is 1.94. The Bertz CT molecular complexity index is 276. The molecule has 2 heteroatoms. The van der Waals surface area contributed by atoms with Crippen LogP contribution in [0.4, 0.5) is 0 Å². The van der Waals surface area contributed by atoms with E-state index < -0.39 is 0 Å². The molecule has 0 aliphatic carbocycles. The SMILES string of the molecule is C/C=C1\C(=O)C=C2CCCCN21. The lowest BCUT2D eigenvalue weighted by Crippen LogP contribution is -2.24. The van der Waals surface area contributed by atoms with Crippen LogP contribution in [-0.2, 0) is 4.79 Å². The normalized spacial score (nSPS) is 26.1. The summed E-state index contributed by atoms with van der Waals surface area (Å²) in [5.41, 5.74) is 2.10. The maximum atomic E-state index is 11.4. The largest absolute Gasteiger partial charge is 0.342 e. The van der Waals surface area contributed by atoms with Gasteiger partial charge in [-0.2, -0.15) is 0 Å². The van der Waals surface area contributed by atoms with E-state index in [-0.39, 0.29) is 5.78 Å². The van der Waals surface area contributed by atoms with Crippen molar-refractivity contribution in [3.8, 4) is 0 Å². The van der Waals surface area contributed by atoms with E-state index in [1.54, 1.807) is 6.08 Å². The van der Waals surface area contributed by atoms with Crippen LogP contribution in [0.15, 0.2) is 23.5 Å². The molecule has 0 atom stereocenters. The van der Waals surface area contributed by atoms with Crippen LogP contribution in [0.5, 0.6) is 0 Å². The molecule has 0 radical (unpaired) electrons. The average molecular weight is 163 g/mol. The summed E-state index contributed by atoms with van der Waals surface area (Å²) in [5, 5.41) is 0. The molecule has 0 aromatic rings. The van der Waals surface area contributed by atoms with Crippen molar-refractivity contribution in [1.29, 1.82) is 0 Å². The number of rotatable bonds is 0. The summed E-state index contributed by atoms with van der Waals surface area (Å²) in [7, 11) is 0. The zero-order valence-corrected chi connectivity index (χ0v) is 7.34. The predicted molar refractivity (Wildman–Crippen MR) is 47.4 cm³/mol. The molecule has 2 nitrogen and oxygen atoms in total. The van der Waals surface area contributed by atoms with Crippen LogP contribution in [0.25, 0.3) is 0 Å². The summed E-state index contributed by atoms with van der Waals surface area (Å²) in [6.45, 7) is 2.95. The van der Waals surface area contributed by atoms with Gasteiger partial charge < -0.3 is 4.90 Å². The minimum atomic E-state index is 0.189. The molecule has 1 fully saturated rings. The zero-order chi connectivity index (χ0) is 8.55. The second-order valence-electron chi connectivity index (χ2n) is 3.28. The summed E-state index contributed by atoms with van der Waals surface area (Å²) >= 11 is 0. The molecule has 0 aromatic heterocycles. The Kier molecular flexibility index (Phi) is 1.75. The maximum absolute atomic E-state index is 11.4. The van der Waals surface area contributed by atoms with Gasteiger partial charge in [0, 0.05) is 18.3 Å². The van der Waals surface area contributed by atoms with E-state index in [1.807, 2.05) is 13.0 Å². The van der Waals surface area contributed by atoms with E-state index in [2.05, 4.69) is 4.90 Å². The van der Waals surface area contributed by atoms with Gasteiger partial charge >= 0.3 is 0 Å². The smallest absolute Gasteiger partial charge is 0.203 e. The molecule has 0 amide bonds. The molecule has 2 aliphatic rings. The van der Waals surface area contributed by atoms with Gasteiger partial charge in [0.15, 0.2) is 0 Å². The number of hydrogen-bond donors (Lipinski definition) is 0. The molecule has 2 heterocycles. The molecule has 2 rings (SSSR count). The quantitative estimate of drug-likeness (QED) is 0.508. The number of piperidine rings is 1. The lowest BCUT2D eigenvalue weighted by Gasteiger charge is -2.27. The van der Waals surface area contributed by atoms with Gasteiger partial charge in [-0.1, -0.05) is 6.08 Å². The Labute approximate surface area is 72.6 Å². The van der Waals surface area contributed by atoms with Crippen LogP contribution in [0.1, 0.15) is 26.2 Å². The van der Waals surface area contributed by atoms with Crippen molar-refractivity contribution in [2.45, 2.75) is 26.2 Å². The highest BCUT2D eigenvalue weighted by molar-refractivity contribution is 6.06. The van der Waals surface area contributed by atoms with Gasteiger partial charge in [0.25, 0.3) is 0 Å². The Hall–Kier alpha value is -1.05. The molecule has 0 bridgehead atoms. The van der Waals surface area contributed by atoms with Gasteiger partial charge in [-0.15, -0.1) is 0 Å². The molecule has 2 aliphatic heterocycles. The summed E-state index contributed by atoms with van der Waals surface area (Å²) in [6.07, 6.45) is 7.21. The van der Waals surface area contributed by atoms with E-state index >= 15 is 0 Å². The Morgan fingerprint density at radius 2 is 2.33 bits per heavy atom. The molecule has 1 saturated heterocycles. The van der Waals surface area contributed by atoms with Crippen LogP contribution in [0, 0.1) is 0 Å². The lowest BCUT2D eigenvalue weighted by molar-refractivity contribution is -0.111. The molecule has 64 valence electrons. The van der Waals surface area contributed by atoms with Crippen molar-refractivity contribution in [1.82, 2.24) is 4.90 Å². The molecule has 0 aromatic carbocycles. The fraction of sp³-hybridized carbons (Fsp3) is 0.500. The number of carbonyl (C=O) groups excluding carboxylic acids is 1. The molecule has 0 spiro atoms. The van der Waals surface area contributed by atoms with Gasteiger partial charge in [0.2, 0.25) is 5.78 Å². The summed E-state index contributed by atoms with van der Waals surface area (Å²) < 4.78 is 0. The third-order valence-corrected chi connectivity index (χ3v) is 2.53. The number of hydrogen-bond acceptors (Lipinski definition) is 2. The van der Waals surface area contributed by atoms with Crippen molar-refractivity contribution < 1.29 is 4.79 Å². The third kappa shape index (κ3) is 0.986. The number of nitrogens with zero attached hydrogens (tertiary/aromatic N) is 1. The molecular weight excluding hydrogens is 150 g/mol. The van der Waals surface area contributed by atoms with Gasteiger partial charge in [0.1, 0.15) is 0 Å². The second kappa shape index (κ2) is 2.77. The predicted octanol–water partition coefficient (Wildman–Crippen LogP) is 1.84. The minimum Gasteiger partial charge on any atom is -0.342 e. The molecule has 12 heavy (non-hydrogen) atoms. The highest BCUT2D eigenvalue weighted by Gasteiger charge is 2.27. The highest BCUT2D eigenvalue weighted by atomic mass is 16.1. The zero-order valence-electron chi connectivity index (χ0n) is 7.34. The third-order valence-electron chi connectivity index (χ3n) is 2.53. The van der Waals surface area contributed by atoms with E-state index in [1.165, 1.54) is 18.5 Å². The summed E-state index contributed by atoms with van der Waals surface area (Å²) in [6, 6.07) is 0. The van der Waals surface area contributed by atoms with Crippen LogP contribution in [0.3, 0.4) is 0 Å². The van der Waals surface area contributed by atoms with Crippen molar-refractivity contribution in [2.75, 3.05) is 6.54 Å². The fourth-order valence-corrected chi connectivity index (χ4v) is 1.94. The Morgan fingerprint density at radius 3 is 3.08 bits per heavy atom. The van der Waals surface area contributed by atoms with Gasteiger partial charge in [-0.3, -0.25) is 4.79 Å². The van der Waals surface area contributed by atoms with Crippen LogP contribution >= 0.6 is 0 Å². The lowest BCUT2D eigenvalue weighted by atomic mass is 10.1. The molecule has 0 saturated carbocycles. The first-order valence-corrected chi connectivity index (χ1v) is 4.51. The summed E-state index contributed by atoms with van der Waals surface area (Å²) in [5.74, 6) is 0.189. The number of carbonyl (C=O) groups is 1. The Balaban J connectivity index is 2.31. The van der Waals surface area contributed by atoms with Crippen molar-refractivity contribution in [3.05, 3.63) is 23.5 Å². The van der Waals surface area contributed by atoms with Crippen molar-refractivity contribution in [3.63, 3.8) is 0 Å². The van der Waals surface area contributed by atoms with Gasteiger partial charge in [0.05, 0.1) is 5.70 Å². The average Bonchev–Trinajstić information content (AvgIpc) is 2.40. The first-order chi connectivity index (χ1) is 5.83. The first-order valence-electron chi connectivity index (χ1n) is 4.51. The molecular formula is C10H13NO. The van der Waals surface area contributed by atoms with Crippen molar-refractivity contribution in [2.24, 2.45) is 0 Å². The van der Waals surface area contributed by atoms with E-state index in [9.17, 15) is 4.79 Å². The first kappa shape index (κ1) is 7.59. The van der Waals surface area contributed by atoms with E-state index in [4.69, 9.17) is 0 Å². The number of allylic oxidation sites excluding steroid dienone is 3. The summed E-state index contributed by atoms with van der Waals surface area (Å²) in [4.78, 5) is 13.5. The Morgan fingerprint density at radius 1 is 1.50 bits per heavy atom. The maximum Gasteiger partial charge on any atom is 0.203 e.